The summed E-state index contributed by atoms with van der Waals surface area (Å²) in [5, 5.41) is 21.4. The molecular formula is C10H8NO2-. The van der Waals surface area contributed by atoms with Crippen molar-refractivity contribution >= 4 is 10.8 Å². The van der Waals surface area contributed by atoms with Gasteiger partial charge in [-0.2, -0.15) is 0 Å². The van der Waals surface area contributed by atoms with Crippen LogP contribution in [0.1, 0.15) is 12.0 Å². The number of rotatable bonds is 1. The van der Waals surface area contributed by atoms with Crippen molar-refractivity contribution in [2.45, 2.75) is 6.29 Å². The molecule has 13 heavy (non-hydrogen) atoms. The van der Waals surface area contributed by atoms with Gasteiger partial charge in [0, 0.05) is 17.9 Å². The van der Waals surface area contributed by atoms with Crippen molar-refractivity contribution in [3.8, 4) is 0 Å². The van der Waals surface area contributed by atoms with Crippen LogP contribution in [0.5, 0.6) is 0 Å². The molecule has 2 rings (SSSR count). The Hall–Kier alpha value is -1.45. The first-order valence-corrected chi connectivity index (χ1v) is 3.96. The highest BCUT2D eigenvalue weighted by molar-refractivity contribution is 5.84. The number of hydrogen-bond acceptors (Lipinski definition) is 3. The average molecular weight is 174 g/mol. The zero-order chi connectivity index (χ0) is 9.26. The van der Waals surface area contributed by atoms with Gasteiger partial charge in [-0.05, 0) is 11.5 Å². The molecule has 1 heterocycles. The summed E-state index contributed by atoms with van der Waals surface area (Å²) in [6, 6.07) is 9.15. The Morgan fingerprint density at radius 1 is 1.23 bits per heavy atom. The van der Waals surface area contributed by atoms with E-state index >= 15 is 0 Å². The standard InChI is InChI=1S/C10H8NO2/c12-10(13)9-8-4-2-1-3-7(8)5-6-11-9/h1-6,10,12H/q-1. The van der Waals surface area contributed by atoms with Crippen molar-refractivity contribution in [1.29, 1.82) is 0 Å². The van der Waals surface area contributed by atoms with Gasteiger partial charge in [0.15, 0.2) is 0 Å². The van der Waals surface area contributed by atoms with Crippen molar-refractivity contribution in [3.63, 3.8) is 0 Å². The molecule has 2 aromatic rings. The van der Waals surface area contributed by atoms with Gasteiger partial charge < -0.3 is 10.2 Å². The first-order valence-electron chi connectivity index (χ1n) is 3.96. The second-order valence-electron chi connectivity index (χ2n) is 2.77. The molecule has 1 aromatic heterocycles. The maximum Gasteiger partial charge on any atom is 0.0603 e. The zero-order valence-corrected chi connectivity index (χ0v) is 6.84. The monoisotopic (exact) mass is 174 g/mol. The van der Waals surface area contributed by atoms with Crippen molar-refractivity contribution in [2.75, 3.05) is 0 Å². The SMILES string of the molecule is [O-]C(O)c1nccc2ccccc12. The van der Waals surface area contributed by atoms with Crippen LogP contribution in [0, 0.1) is 0 Å². The minimum Gasteiger partial charge on any atom is -0.827 e. The molecule has 0 aliphatic heterocycles. The molecule has 0 aliphatic rings. The molecule has 1 atom stereocenters. The quantitative estimate of drug-likeness (QED) is 0.643. The first kappa shape index (κ1) is 8.16. The number of aliphatic hydroxyl groups excluding tert-OH is 1. The number of aliphatic hydroxyl groups is 1. The minimum atomic E-state index is -1.76. The van der Waals surface area contributed by atoms with Crippen molar-refractivity contribution in [2.24, 2.45) is 0 Å². The molecule has 3 heteroatoms. The molecule has 1 N–H and O–H groups in total. The second kappa shape index (κ2) is 3.12. The maximum absolute atomic E-state index is 10.8. The summed E-state index contributed by atoms with van der Waals surface area (Å²) in [5.74, 6) is 0. The van der Waals surface area contributed by atoms with Crippen LogP contribution < -0.4 is 5.11 Å². The Kier molecular flexibility index (Phi) is 1.96. The minimum absolute atomic E-state index is 0.193. The summed E-state index contributed by atoms with van der Waals surface area (Å²) in [5.41, 5.74) is 0.193. The Balaban J connectivity index is 2.76. The van der Waals surface area contributed by atoms with E-state index < -0.39 is 6.29 Å². The molecule has 0 aliphatic carbocycles. The Morgan fingerprint density at radius 2 is 2.00 bits per heavy atom. The van der Waals surface area contributed by atoms with E-state index in [1.54, 1.807) is 12.1 Å². The summed E-state index contributed by atoms with van der Waals surface area (Å²) in [6.45, 7) is 0. The molecule has 0 amide bonds. The fraction of sp³-hybridized carbons (Fsp3) is 0.100. The molecule has 0 saturated carbocycles. The highest BCUT2D eigenvalue weighted by Gasteiger charge is 2.01. The largest absolute Gasteiger partial charge is 0.827 e. The summed E-state index contributed by atoms with van der Waals surface area (Å²) < 4.78 is 0. The highest BCUT2D eigenvalue weighted by atomic mass is 16.5. The lowest BCUT2D eigenvalue weighted by Crippen LogP contribution is -2.15. The lowest BCUT2D eigenvalue weighted by atomic mass is 10.1. The van der Waals surface area contributed by atoms with Crippen LogP contribution >= 0.6 is 0 Å². The number of fused-ring (bicyclic) bond motifs is 1. The van der Waals surface area contributed by atoms with Crippen LogP contribution in [-0.2, 0) is 0 Å². The lowest BCUT2D eigenvalue weighted by Gasteiger charge is -2.15. The number of pyridine rings is 1. The van der Waals surface area contributed by atoms with Crippen LogP contribution in [0.2, 0.25) is 0 Å². The van der Waals surface area contributed by atoms with Gasteiger partial charge in [-0.25, -0.2) is 0 Å². The van der Waals surface area contributed by atoms with Crippen molar-refractivity contribution in [3.05, 3.63) is 42.2 Å². The average Bonchev–Trinajstić information content (AvgIpc) is 2.17. The number of nitrogens with zero attached hydrogens (tertiary/aromatic N) is 1. The first-order chi connectivity index (χ1) is 6.29. The third kappa shape index (κ3) is 1.39. The van der Waals surface area contributed by atoms with E-state index in [2.05, 4.69) is 4.98 Å². The molecule has 66 valence electrons. The van der Waals surface area contributed by atoms with Crippen molar-refractivity contribution < 1.29 is 10.2 Å². The van der Waals surface area contributed by atoms with E-state index in [4.69, 9.17) is 5.11 Å². The van der Waals surface area contributed by atoms with E-state index in [9.17, 15) is 5.11 Å². The van der Waals surface area contributed by atoms with Crippen LogP contribution in [-0.4, -0.2) is 10.1 Å². The molecule has 0 bridgehead atoms. The Labute approximate surface area is 75.3 Å². The van der Waals surface area contributed by atoms with Crippen molar-refractivity contribution in [1.82, 2.24) is 4.98 Å². The molecule has 0 spiro atoms. The number of aromatic nitrogens is 1. The summed E-state index contributed by atoms with van der Waals surface area (Å²) in [4.78, 5) is 3.84. The van der Waals surface area contributed by atoms with Gasteiger partial charge in [0.25, 0.3) is 0 Å². The van der Waals surface area contributed by atoms with Gasteiger partial charge >= 0.3 is 0 Å². The van der Waals surface area contributed by atoms with Gasteiger partial charge in [0.2, 0.25) is 0 Å². The van der Waals surface area contributed by atoms with Gasteiger partial charge in [-0.15, -0.1) is 0 Å². The van der Waals surface area contributed by atoms with Gasteiger partial charge in [0.05, 0.1) is 5.69 Å². The second-order valence-corrected chi connectivity index (χ2v) is 2.77. The third-order valence-corrected chi connectivity index (χ3v) is 1.94. The molecule has 0 radical (unpaired) electrons. The molecule has 3 nitrogen and oxygen atoms in total. The highest BCUT2D eigenvalue weighted by Crippen LogP contribution is 2.18. The smallest absolute Gasteiger partial charge is 0.0603 e. The van der Waals surface area contributed by atoms with Gasteiger partial charge in [-0.3, -0.25) is 4.98 Å². The molecule has 1 unspecified atom stereocenters. The normalized spacial score (nSPS) is 13.1. The van der Waals surface area contributed by atoms with E-state index in [-0.39, 0.29) is 5.69 Å². The molecule has 0 saturated heterocycles. The molecule has 1 aromatic carbocycles. The lowest BCUT2D eigenvalue weighted by molar-refractivity contribution is -0.491. The summed E-state index contributed by atoms with van der Waals surface area (Å²) in [6.07, 6.45) is -0.232. The summed E-state index contributed by atoms with van der Waals surface area (Å²) >= 11 is 0. The topological polar surface area (TPSA) is 56.2 Å². The third-order valence-electron chi connectivity index (χ3n) is 1.94. The van der Waals surface area contributed by atoms with Gasteiger partial charge in [-0.1, -0.05) is 24.3 Å². The Bertz CT molecular complexity index is 421. The van der Waals surface area contributed by atoms with Gasteiger partial charge in [0.1, 0.15) is 0 Å². The fourth-order valence-electron chi connectivity index (χ4n) is 1.34. The van der Waals surface area contributed by atoms with Crippen LogP contribution in [0.25, 0.3) is 10.8 Å². The zero-order valence-electron chi connectivity index (χ0n) is 6.84. The maximum atomic E-state index is 10.8. The molecular weight excluding hydrogens is 166 g/mol. The van der Waals surface area contributed by atoms with Crippen LogP contribution in [0.4, 0.5) is 0 Å². The summed E-state index contributed by atoms with van der Waals surface area (Å²) in [7, 11) is 0. The Morgan fingerprint density at radius 3 is 2.77 bits per heavy atom. The van der Waals surface area contributed by atoms with E-state index in [1.807, 2.05) is 18.2 Å². The van der Waals surface area contributed by atoms with Crippen LogP contribution in [0.3, 0.4) is 0 Å². The predicted molar refractivity (Wildman–Crippen MR) is 46.7 cm³/mol. The van der Waals surface area contributed by atoms with Crippen LogP contribution in [0.15, 0.2) is 36.5 Å². The van der Waals surface area contributed by atoms with E-state index in [1.165, 1.54) is 6.20 Å². The van der Waals surface area contributed by atoms with E-state index in [0.717, 1.165) is 5.39 Å². The molecule has 0 fully saturated rings. The number of benzene rings is 1. The number of hydrogen-bond donors (Lipinski definition) is 1. The van der Waals surface area contributed by atoms with E-state index in [0.29, 0.717) is 5.39 Å². The fourth-order valence-corrected chi connectivity index (χ4v) is 1.34. The predicted octanol–water partition coefficient (Wildman–Crippen LogP) is 0.586.